The molecule has 32 heavy (non-hydrogen) atoms. The van der Waals surface area contributed by atoms with Crippen LogP contribution in [-0.2, 0) is 23.6 Å². The van der Waals surface area contributed by atoms with Crippen LogP contribution < -0.4 is 21.3 Å². The normalized spacial score (nSPS) is 17.6. The third-order valence-corrected chi connectivity index (χ3v) is 7.61. The van der Waals surface area contributed by atoms with Crippen molar-refractivity contribution in [3.05, 3.63) is 74.4 Å². The molecular formula is C22H25FN4O4S. The summed E-state index contributed by atoms with van der Waals surface area (Å²) in [6.07, 6.45) is 9.39. The van der Waals surface area contributed by atoms with Crippen molar-refractivity contribution < 1.29 is 12.8 Å². The third-order valence-electron chi connectivity index (χ3n) is 5.96. The molecule has 1 heterocycles. The molecule has 0 bridgehead atoms. The second-order valence-corrected chi connectivity index (χ2v) is 10.1. The number of benzene rings is 1. The summed E-state index contributed by atoms with van der Waals surface area (Å²) in [5, 5.41) is 3.04. The molecule has 0 aliphatic heterocycles. The third kappa shape index (κ3) is 3.95. The second-order valence-electron chi connectivity index (χ2n) is 8.44. The highest BCUT2D eigenvalue weighted by Crippen LogP contribution is 2.36. The summed E-state index contributed by atoms with van der Waals surface area (Å²) in [6.45, 7) is 1.73. The molecule has 0 saturated heterocycles. The summed E-state index contributed by atoms with van der Waals surface area (Å²) in [5.41, 5.74) is -0.255. The fourth-order valence-electron chi connectivity index (χ4n) is 3.77. The number of rotatable bonds is 6. The number of aromatic nitrogens is 2. The largest absolute Gasteiger partial charge is 0.391 e. The summed E-state index contributed by atoms with van der Waals surface area (Å²) in [5.74, 6) is -1.01. The lowest BCUT2D eigenvalue weighted by Gasteiger charge is -2.16. The average molecular weight is 461 g/mol. The van der Waals surface area contributed by atoms with E-state index in [1.165, 1.54) is 7.05 Å². The van der Waals surface area contributed by atoms with Crippen molar-refractivity contribution in [2.45, 2.75) is 43.2 Å². The first-order chi connectivity index (χ1) is 15.1. The van der Waals surface area contributed by atoms with E-state index in [0.717, 1.165) is 32.5 Å². The Morgan fingerprint density at radius 1 is 1.19 bits per heavy atom. The highest BCUT2D eigenvalue weighted by molar-refractivity contribution is 7.89. The first-order valence-corrected chi connectivity index (χ1v) is 11.7. The van der Waals surface area contributed by atoms with Gasteiger partial charge in [-0.25, -0.2) is 22.3 Å². The molecule has 1 fully saturated rings. The van der Waals surface area contributed by atoms with E-state index in [1.54, 1.807) is 14.0 Å². The van der Waals surface area contributed by atoms with Crippen LogP contribution in [0.15, 0.2) is 62.2 Å². The van der Waals surface area contributed by atoms with Gasteiger partial charge >= 0.3 is 5.69 Å². The van der Waals surface area contributed by atoms with Gasteiger partial charge in [0.15, 0.2) is 0 Å². The molecule has 1 aromatic heterocycles. The van der Waals surface area contributed by atoms with Gasteiger partial charge < -0.3 is 5.32 Å². The van der Waals surface area contributed by atoms with Crippen LogP contribution in [0.1, 0.15) is 26.2 Å². The highest BCUT2D eigenvalue weighted by Gasteiger charge is 2.42. The highest BCUT2D eigenvalue weighted by atomic mass is 32.2. The maximum absolute atomic E-state index is 14.8. The van der Waals surface area contributed by atoms with Gasteiger partial charge in [0.2, 0.25) is 10.0 Å². The molecule has 10 heteroatoms. The fourth-order valence-corrected chi connectivity index (χ4v) is 5.32. The van der Waals surface area contributed by atoms with E-state index in [1.807, 2.05) is 24.3 Å². The molecule has 1 aromatic carbocycles. The predicted octanol–water partition coefficient (Wildman–Crippen LogP) is 1.66. The molecule has 0 unspecified atom stereocenters. The summed E-state index contributed by atoms with van der Waals surface area (Å²) in [4.78, 5) is 25.6. The van der Waals surface area contributed by atoms with E-state index in [0.29, 0.717) is 19.3 Å². The number of sulfonamides is 1. The number of fused-ring (bicyclic) bond motifs is 1. The van der Waals surface area contributed by atoms with Gasteiger partial charge in [0, 0.05) is 31.8 Å². The molecule has 0 atom stereocenters. The van der Waals surface area contributed by atoms with Gasteiger partial charge in [0.25, 0.3) is 5.56 Å². The van der Waals surface area contributed by atoms with Crippen LogP contribution in [0.25, 0.3) is 10.9 Å². The summed E-state index contributed by atoms with van der Waals surface area (Å²) >= 11 is 0. The van der Waals surface area contributed by atoms with Crippen molar-refractivity contribution in [3.63, 3.8) is 0 Å². The lowest BCUT2D eigenvalue weighted by molar-refractivity contribution is 0.540. The van der Waals surface area contributed by atoms with Gasteiger partial charge in [-0.1, -0.05) is 24.3 Å². The van der Waals surface area contributed by atoms with Crippen LogP contribution in [0.5, 0.6) is 0 Å². The summed E-state index contributed by atoms with van der Waals surface area (Å²) in [6, 6.07) is 1.95. The second kappa shape index (κ2) is 7.86. The lowest BCUT2D eigenvalue weighted by Crippen LogP contribution is -2.40. The van der Waals surface area contributed by atoms with Crippen molar-refractivity contribution >= 4 is 20.9 Å². The molecule has 2 aliphatic rings. The van der Waals surface area contributed by atoms with Gasteiger partial charge in [-0.2, -0.15) is 0 Å². The van der Waals surface area contributed by atoms with E-state index in [4.69, 9.17) is 0 Å². The molecule has 8 nitrogen and oxygen atoms in total. The Labute approximate surface area is 184 Å². The van der Waals surface area contributed by atoms with E-state index < -0.39 is 37.5 Å². The number of halogens is 1. The van der Waals surface area contributed by atoms with Gasteiger partial charge in [-0.15, -0.1) is 0 Å². The maximum Gasteiger partial charge on any atom is 0.331 e. The minimum atomic E-state index is -4.17. The molecule has 2 aromatic rings. The Hall–Kier alpha value is -2.98. The van der Waals surface area contributed by atoms with E-state index in [9.17, 15) is 22.4 Å². The first kappa shape index (κ1) is 22.2. The zero-order valence-corrected chi connectivity index (χ0v) is 18.9. The average Bonchev–Trinajstić information content (AvgIpc) is 3.50. The number of hydrogen-bond acceptors (Lipinski definition) is 5. The standard InChI is InChI=1S/C22H25FN4O4S/c1-22(9-10-22)25-32(30,31)19-11-15-18(12-16(19)23)26(3)21(29)27(20(15)28)13-14-7-5-4-6-8-17(14)24-2/h4-7,11-12,24-25H,8-10,13H2,1-3H3. The van der Waals surface area contributed by atoms with Crippen molar-refractivity contribution in [2.24, 2.45) is 7.05 Å². The van der Waals surface area contributed by atoms with Crippen molar-refractivity contribution in [3.8, 4) is 0 Å². The molecule has 1 saturated carbocycles. The van der Waals surface area contributed by atoms with E-state index in [-0.39, 0.29) is 17.4 Å². The van der Waals surface area contributed by atoms with Crippen molar-refractivity contribution in [1.82, 2.24) is 19.2 Å². The zero-order chi connectivity index (χ0) is 23.3. The monoisotopic (exact) mass is 460 g/mol. The van der Waals surface area contributed by atoms with Gasteiger partial charge in [-0.05, 0) is 37.5 Å². The van der Waals surface area contributed by atoms with Crippen molar-refractivity contribution in [2.75, 3.05) is 7.05 Å². The van der Waals surface area contributed by atoms with E-state index in [2.05, 4.69) is 10.0 Å². The van der Waals surface area contributed by atoms with Gasteiger partial charge in [0.05, 0.1) is 17.4 Å². The summed E-state index contributed by atoms with van der Waals surface area (Å²) < 4.78 is 45.0. The molecule has 0 spiro atoms. The number of hydrogen-bond donors (Lipinski definition) is 2. The lowest BCUT2D eigenvalue weighted by atomic mass is 10.1. The van der Waals surface area contributed by atoms with Crippen LogP contribution >= 0.6 is 0 Å². The van der Waals surface area contributed by atoms with E-state index >= 15 is 0 Å². The minimum absolute atomic E-state index is 0.00835. The first-order valence-electron chi connectivity index (χ1n) is 10.3. The molecule has 4 rings (SSSR count). The number of nitrogens with one attached hydrogen (secondary N) is 2. The van der Waals surface area contributed by atoms with Crippen LogP contribution in [-0.4, -0.2) is 30.1 Å². The molecule has 0 radical (unpaired) electrons. The van der Waals surface area contributed by atoms with Crippen LogP contribution in [0, 0.1) is 5.82 Å². The molecule has 2 N–H and O–H groups in total. The Morgan fingerprint density at radius 3 is 2.56 bits per heavy atom. The topological polar surface area (TPSA) is 102 Å². The number of aryl methyl sites for hydroxylation is 1. The van der Waals surface area contributed by atoms with Gasteiger partial charge in [-0.3, -0.25) is 13.9 Å². The predicted molar refractivity (Wildman–Crippen MR) is 120 cm³/mol. The quantitative estimate of drug-likeness (QED) is 0.683. The SMILES string of the molecule is CNC1=C(Cn2c(=O)c3cc(S(=O)(=O)NC4(C)CC4)c(F)cc3n(C)c2=O)C=CC=CC1. The Morgan fingerprint density at radius 2 is 1.91 bits per heavy atom. The zero-order valence-electron chi connectivity index (χ0n) is 18.1. The minimum Gasteiger partial charge on any atom is -0.391 e. The van der Waals surface area contributed by atoms with Crippen LogP contribution in [0.2, 0.25) is 0 Å². The van der Waals surface area contributed by atoms with Crippen molar-refractivity contribution in [1.29, 1.82) is 0 Å². The Kier molecular flexibility index (Phi) is 5.46. The Bertz CT molecular complexity index is 1430. The van der Waals surface area contributed by atoms with Gasteiger partial charge in [0.1, 0.15) is 10.7 Å². The smallest absolute Gasteiger partial charge is 0.331 e. The summed E-state index contributed by atoms with van der Waals surface area (Å²) in [7, 11) is -0.987. The molecule has 0 amide bonds. The molecular weight excluding hydrogens is 435 g/mol. The Balaban J connectivity index is 1.89. The number of allylic oxidation sites excluding steroid dienone is 5. The van der Waals surface area contributed by atoms with Crippen LogP contribution in [0.3, 0.4) is 0 Å². The fraction of sp³-hybridized carbons (Fsp3) is 0.364. The molecule has 170 valence electrons. The number of nitrogens with zero attached hydrogens (tertiary/aromatic N) is 2. The van der Waals surface area contributed by atoms with Crippen LogP contribution in [0.4, 0.5) is 4.39 Å². The maximum atomic E-state index is 14.8. The molecule has 2 aliphatic carbocycles.